The highest BCUT2D eigenvalue weighted by molar-refractivity contribution is 6.31. The van der Waals surface area contributed by atoms with Crippen LogP contribution in [-0.2, 0) is 0 Å². The van der Waals surface area contributed by atoms with E-state index in [4.69, 9.17) is 11.6 Å². The summed E-state index contributed by atoms with van der Waals surface area (Å²) < 4.78 is 0. The lowest BCUT2D eigenvalue weighted by molar-refractivity contribution is -0.401. The summed E-state index contributed by atoms with van der Waals surface area (Å²) in [5, 5.41) is 46.3. The maximum Gasteiger partial charge on any atom is 0.306 e. The van der Waals surface area contributed by atoms with Crippen molar-refractivity contribution in [3.63, 3.8) is 0 Å². The van der Waals surface area contributed by atoms with Gasteiger partial charge in [0.1, 0.15) is 0 Å². The molecule has 0 heterocycles. The van der Waals surface area contributed by atoms with Crippen molar-refractivity contribution in [3.8, 4) is 0 Å². The SMILES string of the molecule is O=[N+]([O-])c1cc(Cl)cc(Nc2c([N+](=O)[O-])cc([N+](=O)[O-])cc2[N+](=O)[O-])c1. The fourth-order valence-electron chi connectivity index (χ4n) is 2.01. The lowest BCUT2D eigenvalue weighted by Gasteiger charge is -2.08. The first-order chi connectivity index (χ1) is 12.1. The molecule has 0 bridgehead atoms. The number of hydrogen-bond acceptors (Lipinski definition) is 9. The van der Waals surface area contributed by atoms with Crippen LogP contribution in [0.2, 0.25) is 5.02 Å². The van der Waals surface area contributed by atoms with Crippen LogP contribution in [0.1, 0.15) is 0 Å². The average Bonchev–Trinajstić information content (AvgIpc) is 2.53. The molecule has 0 saturated carbocycles. The minimum absolute atomic E-state index is 0.103. The number of nitrogens with zero attached hydrogens (tertiary/aromatic N) is 4. The van der Waals surface area contributed by atoms with Crippen molar-refractivity contribution in [2.45, 2.75) is 0 Å². The van der Waals surface area contributed by atoms with Gasteiger partial charge < -0.3 is 5.32 Å². The van der Waals surface area contributed by atoms with Gasteiger partial charge in [-0.05, 0) is 6.07 Å². The summed E-state index contributed by atoms with van der Waals surface area (Å²) >= 11 is 5.73. The normalized spacial score (nSPS) is 10.2. The molecule has 0 aliphatic heterocycles. The molecule has 0 saturated heterocycles. The number of nitro benzene ring substituents is 4. The molecule has 2 aromatic rings. The number of anilines is 2. The van der Waals surface area contributed by atoms with E-state index in [1.165, 1.54) is 0 Å². The van der Waals surface area contributed by atoms with Crippen LogP contribution in [-0.4, -0.2) is 19.7 Å². The van der Waals surface area contributed by atoms with Gasteiger partial charge in [0.05, 0.1) is 31.8 Å². The third-order valence-corrected chi connectivity index (χ3v) is 3.27. The highest BCUT2D eigenvalue weighted by Crippen LogP contribution is 2.40. The summed E-state index contributed by atoms with van der Waals surface area (Å²) in [4.78, 5) is 40.2. The summed E-state index contributed by atoms with van der Waals surface area (Å²) in [6, 6.07) is 4.16. The first-order valence-electron chi connectivity index (χ1n) is 6.43. The van der Waals surface area contributed by atoms with Gasteiger partial charge in [0, 0.05) is 22.8 Å². The quantitative estimate of drug-likeness (QED) is 0.572. The van der Waals surface area contributed by atoms with E-state index in [1.807, 2.05) is 0 Å². The number of halogens is 1. The van der Waals surface area contributed by atoms with Crippen LogP contribution in [0.15, 0.2) is 30.3 Å². The Hall–Kier alpha value is -3.87. The first kappa shape index (κ1) is 18.5. The molecule has 0 unspecified atom stereocenters. The van der Waals surface area contributed by atoms with E-state index in [2.05, 4.69) is 5.32 Å². The lowest BCUT2D eigenvalue weighted by atomic mass is 10.2. The number of rotatable bonds is 6. The molecule has 0 aliphatic carbocycles. The van der Waals surface area contributed by atoms with Crippen molar-refractivity contribution < 1.29 is 19.7 Å². The van der Waals surface area contributed by atoms with Crippen molar-refractivity contribution in [1.29, 1.82) is 0 Å². The highest BCUT2D eigenvalue weighted by atomic mass is 35.5. The first-order valence-corrected chi connectivity index (χ1v) is 6.81. The summed E-state index contributed by atoms with van der Waals surface area (Å²) in [6.07, 6.45) is 0. The molecule has 134 valence electrons. The summed E-state index contributed by atoms with van der Waals surface area (Å²) in [7, 11) is 0. The van der Waals surface area contributed by atoms with Gasteiger partial charge >= 0.3 is 11.4 Å². The van der Waals surface area contributed by atoms with Gasteiger partial charge in [0.2, 0.25) is 0 Å². The third kappa shape index (κ3) is 3.78. The smallest absolute Gasteiger partial charge is 0.306 e. The zero-order valence-electron chi connectivity index (χ0n) is 12.3. The lowest BCUT2D eigenvalue weighted by Crippen LogP contribution is -2.04. The molecule has 1 N–H and O–H groups in total. The van der Waals surface area contributed by atoms with Crippen LogP contribution in [0.25, 0.3) is 0 Å². The molecule has 13 nitrogen and oxygen atoms in total. The molecule has 0 fully saturated rings. The second-order valence-corrected chi connectivity index (χ2v) is 5.15. The minimum Gasteiger partial charge on any atom is -0.344 e. The standard InChI is InChI=1S/C12H6ClN5O8/c13-6-1-7(3-8(2-6)15(19)20)14-12-10(17(23)24)4-9(16(21)22)5-11(12)18(25)26/h1-5,14H. The Morgan fingerprint density at radius 1 is 0.692 bits per heavy atom. The summed E-state index contributed by atoms with van der Waals surface area (Å²) in [5.74, 6) is 0. The monoisotopic (exact) mass is 383 g/mol. The van der Waals surface area contributed by atoms with Crippen LogP contribution in [0.5, 0.6) is 0 Å². The van der Waals surface area contributed by atoms with Crippen LogP contribution in [0.3, 0.4) is 0 Å². The zero-order valence-corrected chi connectivity index (χ0v) is 13.1. The number of hydrogen-bond donors (Lipinski definition) is 1. The Kier molecular flexibility index (Phi) is 4.93. The maximum absolute atomic E-state index is 11.2. The highest BCUT2D eigenvalue weighted by Gasteiger charge is 2.31. The van der Waals surface area contributed by atoms with Crippen LogP contribution >= 0.6 is 11.6 Å². The molecule has 0 atom stereocenters. The topological polar surface area (TPSA) is 185 Å². The van der Waals surface area contributed by atoms with Crippen molar-refractivity contribution in [2.75, 3.05) is 5.32 Å². The molecule has 2 aromatic carbocycles. The molecule has 0 aliphatic rings. The zero-order chi connectivity index (χ0) is 19.6. The Morgan fingerprint density at radius 3 is 1.58 bits per heavy atom. The molecule has 0 radical (unpaired) electrons. The Morgan fingerprint density at radius 2 is 1.15 bits per heavy atom. The molecule has 0 amide bonds. The minimum atomic E-state index is -1.05. The predicted molar refractivity (Wildman–Crippen MR) is 87.8 cm³/mol. The molecule has 2 rings (SSSR count). The van der Waals surface area contributed by atoms with Crippen molar-refractivity contribution in [2.24, 2.45) is 0 Å². The number of nitro groups is 4. The average molecular weight is 384 g/mol. The maximum atomic E-state index is 11.2. The van der Waals surface area contributed by atoms with Crippen molar-refractivity contribution >= 4 is 45.7 Å². The van der Waals surface area contributed by atoms with Crippen LogP contribution < -0.4 is 5.32 Å². The number of benzene rings is 2. The molecule has 0 spiro atoms. The van der Waals surface area contributed by atoms with Gasteiger partial charge in [-0.3, -0.25) is 40.5 Å². The van der Waals surface area contributed by atoms with E-state index in [0.29, 0.717) is 12.1 Å². The second-order valence-electron chi connectivity index (χ2n) is 4.71. The van der Waals surface area contributed by atoms with E-state index < -0.39 is 48.1 Å². The van der Waals surface area contributed by atoms with Gasteiger partial charge in [-0.1, -0.05) is 11.6 Å². The van der Waals surface area contributed by atoms with E-state index in [-0.39, 0.29) is 10.7 Å². The second kappa shape index (κ2) is 6.94. The van der Waals surface area contributed by atoms with E-state index in [9.17, 15) is 40.5 Å². The fraction of sp³-hybridized carbons (Fsp3) is 0. The van der Waals surface area contributed by atoms with Gasteiger partial charge in [-0.25, -0.2) is 0 Å². The third-order valence-electron chi connectivity index (χ3n) is 3.05. The summed E-state index contributed by atoms with van der Waals surface area (Å²) in [6.45, 7) is 0. The van der Waals surface area contributed by atoms with Gasteiger partial charge in [0.25, 0.3) is 11.4 Å². The van der Waals surface area contributed by atoms with E-state index in [0.717, 1.165) is 18.2 Å². The van der Waals surface area contributed by atoms with Crippen molar-refractivity contribution in [1.82, 2.24) is 0 Å². The summed E-state index contributed by atoms with van der Waals surface area (Å²) in [5.41, 5.74) is -4.05. The molecule has 26 heavy (non-hydrogen) atoms. The Labute approximate surface area is 147 Å². The van der Waals surface area contributed by atoms with Gasteiger partial charge in [-0.15, -0.1) is 0 Å². The Balaban J connectivity index is 2.69. The van der Waals surface area contributed by atoms with Crippen molar-refractivity contribution in [3.05, 3.63) is 75.8 Å². The molecular formula is C12H6ClN5O8. The largest absolute Gasteiger partial charge is 0.344 e. The molecule has 0 aromatic heterocycles. The van der Waals surface area contributed by atoms with Gasteiger partial charge in [-0.2, -0.15) is 0 Å². The number of nitrogens with one attached hydrogen (secondary N) is 1. The van der Waals surface area contributed by atoms with E-state index in [1.54, 1.807) is 0 Å². The molecular weight excluding hydrogens is 378 g/mol. The fourth-order valence-corrected chi connectivity index (χ4v) is 2.24. The van der Waals surface area contributed by atoms with Crippen LogP contribution in [0.4, 0.5) is 34.1 Å². The molecule has 14 heteroatoms. The Bertz CT molecular complexity index is 928. The van der Waals surface area contributed by atoms with Gasteiger partial charge in [0.15, 0.2) is 5.69 Å². The predicted octanol–water partition coefficient (Wildman–Crippen LogP) is 3.72. The number of non-ortho nitro benzene ring substituents is 2. The van der Waals surface area contributed by atoms with Crippen LogP contribution in [0, 0.1) is 40.5 Å². The van der Waals surface area contributed by atoms with E-state index >= 15 is 0 Å².